The molecular weight excluding hydrogens is 273 g/mol. The molecule has 8 heteroatoms. The number of furan rings is 1. The third-order valence-corrected chi connectivity index (χ3v) is 2.50. The fourth-order valence-corrected chi connectivity index (χ4v) is 1.60. The van der Waals surface area contributed by atoms with Gasteiger partial charge < -0.3 is 4.42 Å². The minimum absolute atomic E-state index is 0.224. The standard InChI is InChI=1S/C12H7F3N4O/c13-12(14,15)9-4-6-19(18-9)10-3-5-16-11(17-10)8-2-1-7-20-8/h1-7H. The molecular formula is C12H7F3N4O. The monoisotopic (exact) mass is 280 g/mol. The van der Waals surface area contributed by atoms with Gasteiger partial charge in [0, 0.05) is 18.5 Å². The molecule has 0 radical (unpaired) electrons. The highest BCUT2D eigenvalue weighted by Crippen LogP contribution is 2.27. The predicted molar refractivity (Wildman–Crippen MR) is 61.9 cm³/mol. The van der Waals surface area contributed by atoms with Crippen molar-refractivity contribution >= 4 is 0 Å². The molecule has 0 aliphatic carbocycles. The third kappa shape index (κ3) is 2.27. The van der Waals surface area contributed by atoms with E-state index in [1.165, 1.54) is 24.7 Å². The summed E-state index contributed by atoms with van der Waals surface area (Å²) in [5.41, 5.74) is -0.976. The summed E-state index contributed by atoms with van der Waals surface area (Å²) in [7, 11) is 0. The second kappa shape index (κ2) is 4.48. The Balaban J connectivity index is 1.99. The van der Waals surface area contributed by atoms with E-state index in [2.05, 4.69) is 15.1 Å². The van der Waals surface area contributed by atoms with Crippen molar-refractivity contribution in [2.45, 2.75) is 6.18 Å². The first-order valence-corrected chi connectivity index (χ1v) is 5.54. The Morgan fingerprint density at radius 1 is 1.15 bits per heavy atom. The molecule has 0 saturated carbocycles. The Labute approximate surface area is 110 Å². The van der Waals surface area contributed by atoms with Crippen LogP contribution in [0.2, 0.25) is 0 Å². The van der Waals surface area contributed by atoms with Gasteiger partial charge in [0.15, 0.2) is 23.1 Å². The number of nitrogens with zero attached hydrogens (tertiary/aromatic N) is 4. The highest BCUT2D eigenvalue weighted by molar-refractivity contribution is 5.47. The Hall–Kier alpha value is -2.64. The molecule has 0 aromatic carbocycles. The Morgan fingerprint density at radius 3 is 2.65 bits per heavy atom. The molecule has 0 bridgehead atoms. The Kier molecular flexibility index (Phi) is 2.78. The van der Waals surface area contributed by atoms with Crippen LogP contribution in [0.25, 0.3) is 17.4 Å². The zero-order valence-electron chi connectivity index (χ0n) is 9.87. The van der Waals surface area contributed by atoms with Crippen molar-refractivity contribution in [2.75, 3.05) is 0 Å². The summed E-state index contributed by atoms with van der Waals surface area (Å²) in [5, 5.41) is 3.44. The predicted octanol–water partition coefficient (Wildman–Crippen LogP) is 2.94. The first-order chi connectivity index (χ1) is 9.54. The molecule has 3 aromatic heterocycles. The van der Waals surface area contributed by atoms with Gasteiger partial charge in [0.1, 0.15) is 0 Å². The minimum Gasteiger partial charge on any atom is -0.461 e. The summed E-state index contributed by atoms with van der Waals surface area (Å²) in [6.07, 6.45) is -0.407. The van der Waals surface area contributed by atoms with E-state index < -0.39 is 11.9 Å². The summed E-state index contributed by atoms with van der Waals surface area (Å²) in [6.45, 7) is 0. The van der Waals surface area contributed by atoms with Crippen molar-refractivity contribution in [1.82, 2.24) is 19.7 Å². The quantitative estimate of drug-likeness (QED) is 0.724. The lowest BCUT2D eigenvalue weighted by Crippen LogP contribution is -2.08. The average Bonchev–Trinajstić information content (AvgIpc) is 3.10. The number of alkyl halides is 3. The maximum Gasteiger partial charge on any atom is 0.435 e. The summed E-state index contributed by atoms with van der Waals surface area (Å²) >= 11 is 0. The van der Waals surface area contributed by atoms with Crippen LogP contribution in [-0.2, 0) is 6.18 Å². The van der Waals surface area contributed by atoms with Gasteiger partial charge in [-0.15, -0.1) is 0 Å². The number of halogens is 3. The highest BCUT2D eigenvalue weighted by Gasteiger charge is 2.33. The molecule has 0 aliphatic rings. The molecule has 0 atom stereocenters. The molecule has 0 spiro atoms. The maximum atomic E-state index is 12.5. The van der Waals surface area contributed by atoms with Crippen LogP contribution in [-0.4, -0.2) is 19.7 Å². The third-order valence-electron chi connectivity index (χ3n) is 2.50. The second-order valence-corrected chi connectivity index (χ2v) is 3.86. The zero-order chi connectivity index (χ0) is 14.2. The van der Waals surface area contributed by atoms with Gasteiger partial charge in [0.05, 0.1) is 6.26 Å². The Bertz CT molecular complexity index is 718. The molecule has 3 heterocycles. The molecule has 0 fully saturated rings. The van der Waals surface area contributed by atoms with E-state index in [4.69, 9.17) is 4.42 Å². The van der Waals surface area contributed by atoms with E-state index in [1.807, 2.05) is 0 Å². The van der Waals surface area contributed by atoms with Gasteiger partial charge in [0.25, 0.3) is 0 Å². The molecule has 0 saturated heterocycles. The molecule has 0 unspecified atom stereocenters. The van der Waals surface area contributed by atoms with Crippen molar-refractivity contribution in [2.24, 2.45) is 0 Å². The van der Waals surface area contributed by atoms with Crippen LogP contribution >= 0.6 is 0 Å². The molecule has 20 heavy (non-hydrogen) atoms. The fraction of sp³-hybridized carbons (Fsp3) is 0.0833. The van der Waals surface area contributed by atoms with Crippen molar-refractivity contribution in [3.05, 3.63) is 48.6 Å². The average molecular weight is 280 g/mol. The van der Waals surface area contributed by atoms with Gasteiger partial charge in [-0.3, -0.25) is 0 Å². The van der Waals surface area contributed by atoms with Crippen LogP contribution in [0.3, 0.4) is 0 Å². The summed E-state index contributed by atoms with van der Waals surface area (Å²) in [6, 6.07) is 5.67. The maximum absolute atomic E-state index is 12.5. The van der Waals surface area contributed by atoms with Crippen LogP contribution in [0.4, 0.5) is 13.2 Å². The SMILES string of the molecule is FC(F)(F)c1ccn(-c2ccnc(-c3ccco3)n2)n1. The van der Waals surface area contributed by atoms with Gasteiger partial charge in [-0.2, -0.15) is 18.3 Å². The minimum atomic E-state index is -4.48. The van der Waals surface area contributed by atoms with Crippen LogP contribution < -0.4 is 0 Å². The number of rotatable bonds is 2. The van der Waals surface area contributed by atoms with Gasteiger partial charge in [-0.05, 0) is 18.2 Å². The molecule has 3 aromatic rings. The van der Waals surface area contributed by atoms with Gasteiger partial charge in [0.2, 0.25) is 0 Å². The van der Waals surface area contributed by atoms with Crippen LogP contribution in [0, 0.1) is 0 Å². The van der Waals surface area contributed by atoms with Crippen LogP contribution in [0.15, 0.2) is 47.3 Å². The van der Waals surface area contributed by atoms with E-state index in [0.29, 0.717) is 5.76 Å². The van der Waals surface area contributed by atoms with E-state index in [-0.39, 0.29) is 11.6 Å². The summed E-state index contributed by atoms with van der Waals surface area (Å²) in [5.74, 6) is 0.925. The normalized spacial score (nSPS) is 11.8. The van der Waals surface area contributed by atoms with E-state index >= 15 is 0 Å². The molecule has 3 rings (SSSR count). The van der Waals surface area contributed by atoms with Crippen LogP contribution in [0.1, 0.15) is 5.69 Å². The molecule has 0 amide bonds. The zero-order valence-corrected chi connectivity index (χ0v) is 9.87. The highest BCUT2D eigenvalue weighted by atomic mass is 19.4. The van der Waals surface area contributed by atoms with Gasteiger partial charge in [-0.1, -0.05) is 0 Å². The lowest BCUT2D eigenvalue weighted by molar-refractivity contribution is -0.141. The molecule has 0 N–H and O–H groups in total. The number of aromatic nitrogens is 4. The molecule has 5 nitrogen and oxygen atoms in total. The summed E-state index contributed by atoms with van der Waals surface area (Å²) in [4.78, 5) is 8.10. The largest absolute Gasteiger partial charge is 0.461 e. The van der Waals surface area contributed by atoms with Gasteiger partial charge in [-0.25, -0.2) is 14.6 Å². The first kappa shape index (κ1) is 12.4. The van der Waals surface area contributed by atoms with Crippen molar-refractivity contribution in [1.29, 1.82) is 0 Å². The Morgan fingerprint density at radius 2 is 2.00 bits per heavy atom. The van der Waals surface area contributed by atoms with Gasteiger partial charge >= 0.3 is 6.18 Å². The second-order valence-electron chi connectivity index (χ2n) is 3.86. The van der Waals surface area contributed by atoms with E-state index in [0.717, 1.165) is 10.7 Å². The van der Waals surface area contributed by atoms with Crippen molar-refractivity contribution in [3.8, 4) is 17.4 Å². The first-order valence-electron chi connectivity index (χ1n) is 5.54. The molecule has 102 valence electrons. The topological polar surface area (TPSA) is 56.7 Å². The molecule has 0 aliphatic heterocycles. The van der Waals surface area contributed by atoms with Crippen molar-refractivity contribution in [3.63, 3.8) is 0 Å². The summed E-state index contributed by atoms with van der Waals surface area (Å²) < 4.78 is 43.7. The smallest absolute Gasteiger partial charge is 0.435 e. The lowest BCUT2D eigenvalue weighted by atomic mass is 10.4. The van der Waals surface area contributed by atoms with E-state index in [9.17, 15) is 13.2 Å². The van der Waals surface area contributed by atoms with Crippen molar-refractivity contribution < 1.29 is 17.6 Å². The lowest BCUT2D eigenvalue weighted by Gasteiger charge is -2.03. The van der Waals surface area contributed by atoms with Crippen LogP contribution in [0.5, 0.6) is 0 Å². The fourth-order valence-electron chi connectivity index (χ4n) is 1.60. The number of hydrogen-bond donors (Lipinski definition) is 0. The number of hydrogen-bond acceptors (Lipinski definition) is 4. The van der Waals surface area contributed by atoms with E-state index in [1.54, 1.807) is 12.1 Å².